The van der Waals surface area contributed by atoms with Crippen LogP contribution in [0.2, 0.25) is 0 Å². The van der Waals surface area contributed by atoms with Gasteiger partial charge in [0.25, 0.3) is 0 Å². The van der Waals surface area contributed by atoms with E-state index in [1.54, 1.807) is 34.9 Å². The van der Waals surface area contributed by atoms with Crippen LogP contribution in [-0.2, 0) is 18.4 Å². The molecule has 1 aliphatic carbocycles. The van der Waals surface area contributed by atoms with Crippen LogP contribution in [0.1, 0.15) is 37.1 Å². The Morgan fingerprint density at radius 1 is 1.22 bits per heavy atom. The van der Waals surface area contributed by atoms with E-state index in [0.29, 0.717) is 53.9 Å². The van der Waals surface area contributed by atoms with Gasteiger partial charge in [-0.2, -0.15) is 0 Å². The second kappa shape index (κ2) is 10.3. The first-order valence-electron chi connectivity index (χ1n) is 12.0. The Balaban J connectivity index is 1.28. The molecule has 4 aromatic rings. The number of carboxylic acids is 1. The maximum Gasteiger partial charge on any atom is 0.306 e. The molecule has 2 N–H and O–H groups in total. The number of carbonyl (C=O) groups is 1. The highest BCUT2D eigenvalue weighted by Gasteiger charge is 2.28. The van der Waals surface area contributed by atoms with Crippen LogP contribution in [0.25, 0.3) is 17.1 Å². The van der Waals surface area contributed by atoms with Crippen LogP contribution in [0, 0.1) is 18.7 Å². The van der Waals surface area contributed by atoms with Gasteiger partial charge in [0.05, 0.1) is 41.3 Å². The standard InChI is InChI=1S/C25H27FN8O3/c1-15-22(37-19-5-3-4-16(12-19)24(35)36)11-10-20(29-15)23-21(33(2)32-30-23)13-27-25-28-14-34(31-25)18-8-6-17(26)7-9-18/h6-11,14,16,19H,3-5,12-13H2,1-2H3,(H,27,31)(H,35,36)/t16-,19-/m0/s1. The number of aliphatic carboxylic acids is 1. The molecule has 12 heteroatoms. The fourth-order valence-electron chi connectivity index (χ4n) is 4.46. The van der Waals surface area contributed by atoms with Crippen molar-refractivity contribution in [1.82, 2.24) is 34.7 Å². The molecule has 2 atom stereocenters. The molecule has 0 spiro atoms. The minimum Gasteiger partial charge on any atom is -0.489 e. The smallest absolute Gasteiger partial charge is 0.306 e. The Labute approximate surface area is 212 Å². The normalized spacial score (nSPS) is 17.5. The highest BCUT2D eigenvalue weighted by molar-refractivity contribution is 5.70. The van der Waals surface area contributed by atoms with Gasteiger partial charge in [0.1, 0.15) is 23.6 Å². The topological polar surface area (TPSA) is 133 Å². The lowest BCUT2D eigenvalue weighted by Gasteiger charge is -2.27. The third kappa shape index (κ3) is 5.42. The van der Waals surface area contributed by atoms with Gasteiger partial charge < -0.3 is 15.2 Å². The Morgan fingerprint density at radius 3 is 2.78 bits per heavy atom. The number of nitrogens with zero attached hydrogens (tertiary/aromatic N) is 7. The molecule has 37 heavy (non-hydrogen) atoms. The predicted octanol–water partition coefficient (Wildman–Crippen LogP) is 3.54. The molecule has 0 saturated heterocycles. The molecule has 3 aromatic heterocycles. The Bertz CT molecular complexity index is 1400. The number of rotatable bonds is 8. The van der Waals surface area contributed by atoms with E-state index in [1.807, 2.05) is 19.1 Å². The van der Waals surface area contributed by atoms with Crippen molar-refractivity contribution in [3.8, 4) is 22.8 Å². The first-order chi connectivity index (χ1) is 17.9. The third-order valence-corrected chi connectivity index (χ3v) is 6.49. The number of hydrogen-bond donors (Lipinski definition) is 2. The maximum atomic E-state index is 13.2. The van der Waals surface area contributed by atoms with Crippen molar-refractivity contribution >= 4 is 11.9 Å². The van der Waals surface area contributed by atoms with Crippen LogP contribution in [0.4, 0.5) is 10.3 Å². The molecule has 192 valence electrons. The molecule has 0 aliphatic heterocycles. The van der Waals surface area contributed by atoms with E-state index in [-0.39, 0.29) is 17.8 Å². The van der Waals surface area contributed by atoms with Crippen LogP contribution in [-0.4, -0.2) is 51.9 Å². The number of aryl methyl sites for hydroxylation is 2. The van der Waals surface area contributed by atoms with Gasteiger partial charge in [-0.05, 0) is 69.0 Å². The van der Waals surface area contributed by atoms with Crippen LogP contribution in [0.5, 0.6) is 5.75 Å². The van der Waals surface area contributed by atoms with E-state index in [0.717, 1.165) is 18.5 Å². The molecule has 0 radical (unpaired) electrons. The first kappa shape index (κ1) is 24.3. The number of halogens is 1. The van der Waals surface area contributed by atoms with E-state index >= 15 is 0 Å². The summed E-state index contributed by atoms with van der Waals surface area (Å²) in [5.74, 6) is -0.407. The SMILES string of the molecule is Cc1nc(-c2nnn(C)c2CNc2ncn(-c3ccc(F)cc3)n2)ccc1O[C@H]1CCC[C@H](C(=O)O)C1. The van der Waals surface area contributed by atoms with Gasteiger partial charge in [-0.15, -0.1) is 10.2 Å². The minimum absolute atomic E-state index is 0.139. The number of hydrogen-bond acceptors (Lipinski definition) is 8. The van der Waals surface area contributed by atoms with Gasteiger partial charge in [-0.25, -0.2) is 23.7 Å². The summed E-state index contributed by atoms with van der Waals surface area (Å²) in [5, 5.41) is 25.4. The molecular weight excluding hydrogens is 479 g/mol. The molecule has 1 saturated carbocycles. The van der Waals surface area contributed by atoms with Crippen LogP contribution >= 0.6 is 0 Å². The largest absolute Gasteiger partial charge is 0.489 e. The summed E-state index contributed by atoms with van der Waals surface area (Å²) >= 11 is 0. The molecule has 0 amide bonds. The van der Waals surface area contributed by atoms with Crippen molar-refractivity contribution in [1.29, 1.82) is 0 Å². The summed E-state index contributed by atoms with van der Waals surface area (Å²) in [6.07, 6.45) is 4.26. The maximum absolute atomic E-state index is 13.2. The molecule has 0 bridgehead atoms. The summed E-state index contributed by atoms with van der Waals surface area (Å²) in [5.41, 5.74) is 3.44. The summed E-state index contributed by atoms with van der Waals surface area (Å²) < 4.78 is 22.5. The van der Waals surface area contributed by atoms with Gasteiger partial charge in [0.2, 0.25) is 5.95 Å². The van der Waals surface area contributed by atoms with Crippen LogP contribution < -0.4 is 10.1 Å². The molecule has 3 heterocycles. The number of ether oxygens (including phenoxy) is 1. The number of anilines is 1. The van der Waals surface area contributed by atoms with Gasteiger partial charge in [-0.3, -0.25) is 4.79 Å². The van der Waals surface area contributed by atoms with Gasteiger partial charge in [-0.1, -0.05) is 5.21 Å². The van der Waals surface area contributed by atoms with E-state index in [2.05, 4.69) is 25.7 Å². The van der Waals surface area contributed by atoms with Crippen molar-refractivity contribution < 1.29 is 19.0 Å². The van der Waals surface area contributed by atoms with Gasteiger partial charge >= 0.3 is 5.97 Å². The molecule has 11 nitrogen and oxygen atoms in total. The molecule has 5 rings (SSSR count). The zero-order chi connectivity index (χ0) is 25.9. The molecule has 1 fully saturated rings. The Hall–Kier alpha value is -4.35. The number of benzene rings is 1. The minimum atomic E-state index is -0.764. The Kier molecular flexibility index (Phi) is 6.80. The summed E-state index contributed by atoms with van der Waals surface area (Å²) in [6, 6.07) is 9.65. The van der Waals surface area contributed by atoms with Crippen LogP contribution in [0.15, 0.2) is 42.7 Å². The highest BCUT2D eigenvalue weighted by Crippen LogP contribution is 2.30. The van der Waals surface area contributed by atoms with Gasteiger partial charge in [0, 0.05) is 7.05 Å². The third-order valence-electron chi connectivity index (χ3n) is 6.49. The monoisotopic (exact) mass is 506 g/mol. The number of nitrogens with one attached hydrogen (secondary N) is 1. The molecule has 1 aromatic carbocycles. The zero-order valence-corrected chi connectivity index (χ0v) is 20.5. The van der Waals surface area contributed by atoms with Crippen molar-refractivity contribution in [2.24, 2.45) is 13.0 Å². The van der Waals surface area contributed by atoms with Crippen molar-refractivity contribution in [2.75, 3.05) is 5.32 Å². The van der Waals surface area contributed by atoms with Crippen molar-refractivity contribution in [2.45, 2.75) is 45.3 Å². The summed E-state index contributed by atoms with van der Waals surface area (Å²) in [4.78, 5) is 20.3. The Morgan fingerprint density at radius 2 is 2.03 bits per heavy atom. The molecular formula is C25H27FN8O3. The average molecular weight is 507 g/mol. The fourth-order valence-corrected chi connectivity index (χ4v) is 4.46. The molecule has 1 aliphatic rings. The average Bonchev–Trinajstić information content (AvgIpc) is 3.51. The summed E-state index contributed by atoms with van der Waals surface area (Å²) in [7, 11) is 1.80. The van der Waals surface area contributed by atoms with E-state index in [9.17, 15) is 14.3 Å². The number of pyridine rings is 1. The second-order valence-corrected chi connectivity index (χ2v) is 9.07. The lowest BCUT2D eigenvalue weighted by Crippen LogP contribution is -2.29. The first-order valence-corrected chi connectivity index (χ1v) is 12.0. The van der Waals surface area contributed by atoms with E-state index < -0.39 is 5.97 Å². The van der Waals surface area contributed by atoms with Crippen LogP contribution in [0.3, 0.4) is 0 Å². The number of aromatic nitrogens is 7. The predicted molar refractivity (Wildman–Crippen MR) is 132 cm³/mol. The van der Waals surface area contributed by atoms with E-state index in [1.165, 1.54) is 12.1 Å². The van der Waals surface area contributed by atoms with Gasteiger partial charge in [0.15, 0.2) is 0 Å². The number of carboxylic acid groups (broad SMARTS) is 1. The van der Waals surface area contributed by atoms with E-state index in [4.69, 9.17) is 9.72 Å². The van der Waals surface area contributed by atoms with Crippen molar-refractivity contribution in [3.63, 3.8) is 0 Å². The second-order valence-electron chi connectivity index (χ2n) is 9.07. The zero-order valence-electron chi connectivity index (χ0n) is 20.5. The highest BCUT2D eigenvalue weighted by atomic mass is 19.1. The fraction of sp³-hybridized carbons (Fsp3) is 0.360. The summed E-state index contributed by atoms with van der Waals surface area (Å²) in [6.45, 7) is 2.21. The molecule has 0 unspecified atom stereocenters. The quantitative estimate of drug-likeness (QED) is 0.368. The lowest BCUT2D eigenvalue weighted by molar-refractivity contribution is -0.143. The van der Waals surface area contributed by atoms with Crippen molar-refractivity contribution in [3.05, 3.63) is 59.9 Å². The lowest BCUT2D eigenvalue weighted by atomic mass is 9.87.